The molecule has 0 aliphatic heterocycles. The maximum absolute atomic E-state index is 5.53. The van der Waals surface area contributed by atoms with Gasteiger partial charge in [0, 0.05) is 14.7 Å². The number of nitrogens with zero attached hydrogens (tertiary/aromatic N) is 1. The van der Waals surface area contributed by atoms with Crippen LogP contribution >= 0.6 is 22.6 Å². The molecule has 1 aromatic rings. The molecule has 0 saturated heterocycles. The maximum atomic E-state index is 5.53. The summed E-state index contributed by atoms with van der Waals surface area (Å²) >= 11 is 2.19. The summed E-state index contributed by atoms with van der Waals surface area (Å²) in [5.74, 6) is 0.804. The van der Waals surface area contributed by atoms with Gasteiger partial charge < -0.3 is 9.47 Å². The second-order valence-corrected chi connectivity index (χ2v) is 11.9. The first kappa shape index (κ1) is 14.9. The van der Waals surface area contributed by atoms with Crippen molar-refractivity contribution in [2.75, 3.05) is 13.4 Å². The van der Waals surface area contributed by atoms with E-state index in [0.29, 0.717) is 6.79 Å². The first-order valence-electron chi connectivity index (χ1n) is 5.72. The van der Waals surface area contributed by atoms with E-state index in [0.717, 1.165) is 21.8 Å². The van der Waals surface area contributed by atoms with Crippen LogP contribution in [0, 0.1) is 10.6 Å². The van der Waals surface area contributed by atoms with Crippen LogP contribution in [-0.4, -0.2) is 26.5 Å². The molecule has 0 aromatic carbocycles. The Labute approximate surface area is 118 Å². The molecule has 1 heterocycles. The number of rotatable bonds is 6. The number of hydrogen-bond donors (Lipinski definition) is 0. The van der Waals surface area contributed by atoms with E-state index in [1.165, 1.54) is 6.04 Å². The Bertz CT molecular complexity index is 366. The topological polar surface area (TPSA) is 31.4 Å². The fourth-order valence-electron chi connectivity index (χ4n) is 1.21. The second kappa shape index (κ2) is 6.70. The van der Waals surface area contributed by atoms with Crippen LogP contribution in [-0.2, 0) is 4.74 Å². The molecule has 5 heteroatoms. The van der Waals surface area contributed by atoms with Crippen molar-refractivity contribution in [2.24, 2.45) is 0 Å². The molecule has 0 radical (unpaired) electrons. The molecule has 3 nitrogen and oxygen atoms in total. The molecule has 0 amide bonds. The second-order valence-electron chi connectivity index (χ2n) is 5.20. The van der Waals surface area contributed by atoms with Gasteiger partial charge in [-0.25, -0.2) is 4.98 Å². The first-order valence-corrected chi connectivity index (χ1v) is 10.5. The van der Waals surface area contributed by atoms with Crippen LogP contribution in [0.25, 0.3) is 0 Å². The molecule has 0 bridgehead atoms. The Kier molecular flexibility index (Phi) is 5.88. The Balaban J connectivity index is 2.27. The van der Waals surface area contributed by atoms with Gasteiger partial charge in [0.05, 0.1) is 5.69 Å². The van der Waals surface area contributed by atoms with Crippen molar-refractivity contribution in [1.29, 1.82) is 0 Å². The van der Waals surface area contributed by atoms with Crippen molar-refractivity contribution in [3.63, 3.8) is 0 Å². The van der Waals surface area contributed by atoms with Crippen LogP contribution in [0.3, 0.4) is 0 Å². The molecule has 1 rings (SSSR count). The standard InChI is InChI=1S/C12H20INO2Si/c1-10-11(5-6-12(13)14-10)16-9-15-7-8-17(2,3)4/h5-6H,7-9H2,1-4H3. The van der Waals surface area contributed by atoms with Gasteiger partial charge in [0.15, 0.2) is 6.79 Å². The van der Waals surface area contributed by atoms with Gasteiger partial charge in [-0.05, 0) is 47.7 Å². The van der Waals surface area contributed by atoms with Gasteiger partial charge in [-0.1, -0.05) is 19.6 Å². The van der Waals surface area contributed by atoms with Gasteiger partial charge in [-0.3, -0.25) is 0 Å². The third kappa shape index (κ3) is 6.37. The SMILES string of the molecule is Cc1nc(I)ccc1OCOCC[Si](C)(C)C. The van der Waals surface area contributed by atoms with Crippen LogP contribution in [0.5, 0.6) is 5.75 Å². The van der Waals surface area contributed by atoms with Crippen molar-refractivity contribution in [2.45, 2.75) is 32.6 Å². The Morgan fingerprint density at radius 2 is 2.00 bits per heavy atom. The summed E-state index contributed by atoms with van der Waals surface area (Å²) in [6, 6.07) is 5.04. The minimum Gasteiger partial charge on any atom is -0.466 e. The molecule has 0 saturated carbocycles. The van der Waals surface area contributed by atoms with Crippen LogP contribution in [0.2, 0.25) is 25.7 Å². The van der Waals surface area contributed by atoms with E-state index >= 15 is 0 Å². The summed E-state index contributed by atoms with van der Waals surface area (Å²) in [6.07, 6.45) is 0. The maximum Gasteiger partial charge on any atom is 0.189 e. The van der Waals surface area contributed by atoms with Gasteiger partial charge in [-0.15, -0.1) is 0 Å². The zero-order valence-electron chi connectivity index (χ0n) is 10.9. The molecule has 0 aliphatic carbocycles. The summed E-state index contributed by atoms with van der Waals surface area (Å²) < 4.78 is 12.0. The lowest BCUT2D eigenvalue weighted by atomic mass is 10.3. The van der Waals surface area contributed by atoms with Crippen molar-refractivity contribution in [1.82, 2.24) is 4.98 Å². The quantitative estimate of drug-likeness (QED) is 0.253. The summed E-state index contributed by atoms with van der Waals surface area (Å²) in [4.78, 5) is 4.32. The number of hydrogen-bond acceptors (Lipinski definition) is 3. The number of halogens is 1. The molecule has 0 N–H and O–H groups in total. The van der Waals surface area contributed by atoms with Gasteiger partial charge >= 0.3 is 0 Å². The third-order valence-corrected chi connectivity index (χ3v) is 4.60. The van der Waals surface area contributed by atoms with E-state index in [1.807, 2.05) is 19.1 Å². The predicted molar refractivity (Wildman–Crippen MR) is 81.3 cm³/mol. The van der Waals surface area contributed by atoms with E-state index in [1.54, 1.807) is 0 Å². The minimum atomic E-state index is -0.999. The molecule has 0 atom stereocenters. The van der Waals surface area contributed by atoms with Gasteiger partial charge in [0.25, 0.3) is 0 Å². The summed E-state index contributed by atoms with van der Waals surface area (Å²) in [5.41, 5.74) is 0.908. The lowest BCUT2D eigenvalue weighted by molar-refractivity contribution is 0.0214. The number of pyridine rings is 1. The summed E-state index contributed by atoms with van der Waals surface area (Å²) in [7, 11) is -0.999. The molecule has 0 aliphatic rings. The highest BCUT2D eigenvalue weighted by molar-refractivity contribution is 14.1. The number of aromatic nitrogens is 1. The highest BCUT2D eigenvalue weighted by Crippen LogP contribution is 2.16. The zero-order valence-corrected chi connectivity index (χ0v) is 14.1. The average molecular weight is 365 g/mol. The largest absolute Gasteiger partial charge is 0.466 e. The van der Waals surface area contributed by atoms with Crippen LogP contribution < -0.4 is 4.74 Å². The lowest BCUT2D eigenvalue weighted by Crippen LogP contribution is -2.22. The minimum absolute atomic E-state index is 0.313. The summed E-state index contributed by atoms with van der Waals surface area (Å²) in [6.45, 7) is 10.1. The fourth-order valence-corrected chi connectivity index (χ4v) is 2.51. The average Bonchev–Trinajstić information content (AvgIpc) is 2.18. The smallest absolute Gasteiger partial charge is 0.189 e. The highest BCUT2D eigenvalue weighted by Gasteiger charge is 2.12. The van der Waals surface area contributed by atoms with Crippen molar-refractivity contribution >= 4 is 30.7 Å². The molecule has 96 valence electrons. The van der Waals surface area contributed by atoms with Crippen LogP contribution in [0.4, 0.5) is 0 Å². The van der Waals surface area contributed by atoms with E-state index in [-0.39, 0.29) is 0 Å². The van der Waals surface area contributed by atoms with E-state index in [9.17, 15) is 0 Å². The lowest BCUT2D eigenvalue weighted by Gasteiger charge is -2.15. The van der Waals surface area contributed by atoms with E-state index in [4.69, 9.17) is 9.47 Å². The monoisotopic (exact) mass is 365 g/mol. The van der Waals surface area contributed by atoms with E-state index < -0.39 is 8.07 Å². The molecule has 0 fully saturated rings. The van der Waals surface area contributed by atoms with Crippen LogP contribution in [0.1, 0.15) is 5.69 Å². The van der Waals surface area contributed by atoms with Gasteiger partial charge in [0.2, 0.25) is 0 Å². The summed E-state index contributed by atoms with van der Waals surface area (Å²) in [5, 5.41) is 0. The third-order valence-electron chi connectivity index (χ3n) is 2.30. The van der Waals surface area contributed by atoms with Crippen molar-refractivity contribution in [3.8, 4) is 5.75 Å². The van der Waals surface area contributed by atoms with Crippen molar-refractivity contribution in [3.05, 3.63) is 21.5 Å². The molecular weight excluding hydrogens is 345 g/mol. The van der Waals surface area contributed by atoms with E-state index in [2.05, 4.69) is 47.2 Å². The zero-order chi connectivity index (χ0) is 12.9. The van der Waals surface area contributed by atoms with Gasteiger partial charge in [-0.2, -0.15) is 0 Å². The Morgan fingerprint density at radius 3 is 2.59 bits per heavy atom. The molecule has 0 spiro atoms. The molecule has 1 aromatic heterocycles. The normalized spacial score (nSPS) is 11.6. The van der Waals surface area contributed by atoms with Gasteiger partial charge in [0.1, 0.15) is 9.45 Å². The Hall–Kier alpha value is -0.143. The number of ether oxygens (including phenoxy) is 2. The number of aryl methyl sites for hydroxylation is 1. The Morgan fingerprint density at radius 1 is 1.29 bits per heavy atom. The van der Waals surface area contributed by atoms with Crippen molar-refractivity contribution < 1.29 is 9.47 Å². The fraction of sp³-hybridized carbons (Fsp3) is 0.583. The molecule has 0 unspecified atom stereocenters. The first-order chi connectivity index (χ1) is 7.88. The highest BCUT2D eigenvalue weighted by atomic mass is 127. The predicted octanol–water partition coefficient (Wildman–Crippen LogP) is 3.69. The molecule has 17 heavy (non-hydrogen) atoms. The van der Waals surface area contributed by atoms with Crippen LogP contribution in [0.15, 0.2) is 12.1 Å². The molecular formula is C12H20INO2Si.